The number of hydrogen-bond donors (Lipinski definition) is 26. The number of aliphatic hydroxyl groups is 23. The Bertz CT molecular complexity index is 2510. The number of nitrogens with one attached hydrogen (secondary N) is 3. The maximum absolute atomic E-state index is 12.8. The van der Waals surface area contributed by atoms with Gasteiger partial charge in [0.1, 0.15) is 195 Å². The van der Waals surface area contributed by atoms with Crippen molar-refractivity contribution >= 4 is 17.7 Å². The summed E-state index contributed by atoms with van der Waals surface area (Å²) in [6, 6.07) is -5.32. The van der Waals surface area contributed by atoms with E-state index in [0.29, 0.717) is 0 Å². The van der Waals surface area contributed by atoms with E-state index in [9.17, 15) is 132 Å². The minimum Gasteiger partial charge on any atom is -0.394 e. The van der Waals surface area contributed by atoms with Gasteiger partial charge >= 0.3 is 0 Å². The summed E-state index contributed by atoms with van der Waals surface area (Å²) in [6.45, 7) is -5.09. The van der Waals surface area contributed by atoms with Crippen molar-refractivity contribution in [2.24, 2.45) is 0 Å². The minimum absolute atomic E-state index is 0.817. The smallest absolute Gasteiger partial charge is 0.217 e. The van der Waals surface area contributed by atoms with Gasteiger partial charge in [-0.05, 0) is 0 Å². The van der Waals surface area contributed by atoms with Crippen LogP contribution in [0.15, 0.2) is 0 Å². The quantitative estimate of drug-likeness (QED) is 0.0404. The topological polar surface area (TPSA) is 691 Å². The molecule has 0 radical (unpaired) electrons. The Balaban J connectivity index is 1.07. The molecule has 8 rings (SSSR count). The van der Waals surface area contributed by atoms with E-state index >= 15 is 0 Å². The van der Waals surface area contributed by atoms with E-state index in [1.54, 1.807) is 0 Å². The van der Waals surface area contributed by atoms with Crippen molar-refractivity contribution < 1.29 is 203 Å². The Morgan fingerprint density at radius 3 is 0.990 bits per heavy atom. The van der Waals surface area contributed by atoms with Crippen LogP contribution in [0.4, 0.5) is 0 Å². The lowest BCUT2D eigenvalue weighted by Crippen LogP contribution is -2.69. The van der Waals surface area contributed by atoms with E-state index in [4.69, 9.17) is 71.1 Å². The fourth-order valence-corrected chi connectivity index (χ4v) is 12.5. The molecule has 3 amide bonds. The van der Waals surface area contributed by atoms with Gasteiger partial charge in [-0.1, -0.05) is 0 Å². The van der Waals surface area contributed by atoms with Gasteiger partial charge in [0.2, 0.25) is 17.7 Å². The first-order valence-corrected chi connectivity index (χ1v) is 31.1. The lowest BCUT2D eigenvalue weighted by molar-refractivity contribution is -0.387. The largest absolute Gasteiger partial charge is 0.394 e. The van der Waals surface area contributed by atoms with Crippen molar-refractivity contribution in [1.29, 1.82) is 0 Å². The minimum atomic E-state index is -2.39. The molecular formula is C54H91N3O41. The molecule has 98 heavy (non-hydrogen) atoms. The van der Waals surface area contributed by atoms with Crippen molar-refractivity contribution in [2.75, 3.05) is 52.9 Å². The molecule has 8 saturated heterocycles. The molecule has 8 aliphatic heterocycles. The van der Waals surface area contributed by atoms with Crippen LogP contribution >= 0.6 is 0 Å². The average Bonchev–Trinajstić information content (AvgIpc) is 0.773. The van der Waals surface area contributed by atoms with Crippen molar-refractivity contribution in [1.82, 2.24) is 16.0 Å². The van der Waals surface area contributed by atoms with Crippen molar-refractivity contribution in [2.45, 2.75) is 266 Å². The SMILES string of the molecule is CC(=O)N[C@H]1[C@H](OC[C@H]2O[C@H](OC[C@H]3O[C@@H](O)[C@@H](O)[C@@H](O[C@H]4O[C@H](CO)[C@@H](O)[C@H](O)[C@@H]4O[C@@H]4O[C@H](CO)[C@@H](O)[C@H](O)[C@H]4NC(C)=O)[C@@H]3O)[C@@H](O[C@@H]3O[C@H](CO)[C@@H](O[C@@H]4O[C@H](CO)[C@H](O)[C@H](O)[C@H]4O)[C@H](O)[C@H]3NC(C)=O)[C@@H](O)[C@@H]2O)O[C@H](CO)[C@@H](O[C@@H]2O[C@H](CO)[C@H](O)[C@H](O)[C@H]2O)[C@@H]1O. The number of amides is 3. The highest BCUT2D eigenvalue weighted by Crippen LogP contribution is 2.38. The predicted molar refractivity (Wildman–Crippen MR) is 299 cm³/mol. The van der Waals surface area contributed by atoms with E-state index in [2.05, 4.69) is 16.0 Å². The molecule has 44 nitrogen and oxygen atoms in total. The average molecular weight is 1440 g/mol. The third-order valence-electron chi connectivity index (χ3n) is 17.8. The molecule has 40 atom stereocenters. The molecule has 44 heteroatoms. The van der Waals surface area contributed by atoms with E-state index < -0.39 is 316 Å². The van der Waals surface area contributed by atoms with Gasteiger partial charge in [-0.15, -0.1) is 0 Å². The summed E-state index contributed by atoms with van der Waals surface area (Å²) in [5.74, 6) is -2.59. The van der Waals surface area contributed by atoms with Crippen molar-refractivity contribution in [3.05, 3.63) is 0 Å². The van der Waals surface area contributed by atoms with Gasteiger partial charge < -0.3 is 204 Å². The third kappa shape index (κ3) is 17.6. The Labute approximate surface area is 554 Å². The molecule has 8 fully saturated rings. The standard InChI is InChI=1S/C54H91N3O41/c1-12(64)55-23-32(73)26(67)15(4-58)87-49(23)98-46-37(78)29(70)18(7-61)90-54(46)96-44-31(72)22(86-47(83)41(44)82)11-85-53-45(97-50-25(57-14(3)66)34(75)43(20(9-63)92-50)95-52-40(81)36(77)28(69)17(6-60)89-52)38(79)30(71)21(93-53)10-84-48-24(56-13(2)65)33(74)42(19(8-62)91-48)94-51-39(80)35(76)27(68)16(5-59)88-51/h15-54,58-63,67-83H,4-11H2,1-3H3,(H,55,64)(H,56,65)(H,57,66)/t15-,16-,17-,18-,19-,20-,21-,22-,23-,24-,25-,26-,27+,28+,29-,30-,31-,32-,33-,34-,35+,36+,37+,38+,39-,40-,41+,42-,43-,44+,45+,46+,47-,48-,49+,50+,51+,52+,53+,54-/m1/s1. The van der Waals surface area contributed by atoms with Gasteiger partial charge in [0.15, 0.2) is 50.3 Å². The summed E-state index contributed by atoms with van der Waals surface area (Å²) in [5.41, 5.74) is 0. The van der Waals surface area contributed by atoms with Crippen LogP contribution in [0.25, 0.3) is 0 Å². The van der Waals surface area contributed by atoms with Crippen LogP contribution in [0.5, 0.6) is 0 Å². The molecule has 0 aromatic rings. The first-order valence-electron chi connectivity index (χ1n) is 31.1. The first kappa shape index (κ1) is 80.6. The second kappa shape index (κ2) is 35.1. The number of carbonyl (C=O) groups excluding carboxylic acids is 3. The molecule has 0 spiro atoms. The highest BCUT2D eigenvalue weighted by Gasteiger charge is 2.59. The Morgan fingerprint density at radius 2 is 0.561 bits per heavy atom. The highest BCUT2D eigenvalue weighted by molar-refractivity contribution is 5.74. The van der Waals surface area contributed by atoms with Gasteiger partial charge in [0.25, 0.3) is 0 Å². The highest BCUT2D eigenvalue weighted by atomic mass is 16.8. The molecule has 0 unspecified atom stereocenters. The van der Waals surface area contributed by atoms with Crippen LogP contribution in [-0.2, 0) is 85.4 Å². The van der Waals surface area contributed by atoms with Gasteiger partial charge in [0.05, 0.1) is 52.9 Å². The predicted octanol–water partition coefficient (Wildman–Crippen LogP) is -18.0. The second-order valence-electron chi connectivity index (χ2n) is 24.7. The summed E-state index contributed by atoms with van der Waals surface area (Å²) >= 11 is 0. The van der Waals surface area contributed by atoms with Crippen LogP contribution in [0.1, 0.15) is 20.8 Å². The Kier molecular flexibility index (Phi) is 28.9. The third-order valence-corrected chi connectivity index (χ3v) is 17.8. The fourth-order valence-electron chi connectivity index (χ4n) is 12.5. The summed E-state index contributed by atoms with van der Waals surface area (Å²) < 4.78 is 87.2. The van der Waals surface area contributed by atoms with Crippen molar-refractivity contribution in [3.63, 3.8) is 0 Å². The molecule has 0 aliphatic carbocycles. The molecule has 0 bridgehead atoms. The number of rotatable bonds is 25. The number of aliphatic hydroxyl groups excluding tert-OH is 23. The normalized spacial score (nSPS) is 49.5. The lowest BCUT2D eigenvalue weighted by Gasteiger charge is -2.50. The molecule has 26 N–H and O–H groups in total. The Hall–Kier alpha value is -3.11. The maximum Gasteiger partial charge on any atom is 0.217 e. The van der Waals surface area contributed by atoms with Crippen molar-refractivity contribution in [3.8, 4) is 0 Å². The second-order valence-corrected chi connectivity index (χ2v) is 24.7. The van der Waals surface area contributed by atoms with E-state index in [1.807, 2.05) is 0 Å². The molecule has 0 aromatic carbocycles. The zero-order valence-corrected chi connectivity index (χ0v) is 52.4. The number of ether oxygens (including phenoxy) is 15. The van der Waals surface area contributed by atoms with E-state index in [1.165, 1.54) is 0 Å². The first-order chi connectivity index (χ1) is 46.3. The van der Waals surface area contributed by atoms with Crippen LogP contribution in [0, 0.1) is 0 Å². The van der Waals surface area contributed by atoms with Gasteiger partial charge in [-0.2, -0.15) is 0 Å². The van der Waals surface area contributed by atoms with Gasteiger partial charge in [0, 0.05) is 20.8 Å². The molecule has 0 aromatic heterocycles. The summed E-state index contributed by atoms with van der Waals surface area (Å²) in [7, 11) is 0. The van der Waals surface area contributed by atoms with Gasteiger partial charge in [-0.3, -0.25) is 14.4 Å². The van der Waals surface area contributed by atoms with Gasteiger partial charge in [-0.25, -0.2) is 0 Å². The zero-order valence-electron chi connectivity index (χ0n) is 52.4. The molecule has 0 saturated carbocycles. The summed E-state index contributed by atoms with van der Waals surface area (Å²) in [4.78, 5) is 37.8. The fraction of sp³-hybridized carbons (Fsp3) is 0.944. The lowest BCUT2D eigenvalue weighted by atomic mass is 9.94. The molecular weight excluding hydrogens is 1350 g/mol. The maximum atomic E-state index is 12.8. The van der Waals surface area contributed by atoms with E-state index in [0.717, 1.165) is 20.8 Å². The number of carbonyl (C=O) groups is 3. The zero-order chi connectivity index (χ0) is 72.2. The van der Waals surface area contributed by atoms with Crippen LogP contribution < -0.4 is 16.0 Å². The molecule has 568 valence electrons. The summed E-state index contributed by atoms with van der Waals surface area (Å²) in [5, 5.41) is 257. The molecule has 8 heterocycles. The molecule has 8 aliphatic rings. The summed E-state index contributed by atoms with van der Waals surface area (Å²) in [6.07, 6.45) is -73.8. The van der Waals surface area contributed by atoms with Crippen LogP contribution in [-0.4, -0.2) is 433 Å². The monoisotopic (exact) mass is 1440 g/mol. The van der Waals surface area contributed by atoms with E-state index in [-0.39, 0.29) is 0 Å². The Morgan fingerprint density at radius 1 is 0.265 bits per heavy atom. The number of hydrogen-bond acceptors (Lipinski definition) is 41. The van der Waals surface area contributed by atoms with Crippen LogP contribution in [0.3, 0.4) is 0 Å². The van der Waals surface area contributed by atoms with Crippen LogP contribution in [0.2, 0.25) is 0 Å².